The van der Waals surface area contributed by atoms with Crippen LogP contribution in [0.5, 0.6) is 0 Å². The molecule has 0 amide bonds. The summed E-state index contributed by atoms with van der Waals surface area (Å²) in [5.74, 6) is 0. The maximum Gasteiger partial charge on any atom is 0.145 e. The number of rotatable bonds is 0. The molecule has 4 aromatic carbocycles. The Kier molecular flexibility index (Phi) is 2.77. The van der Waals surface area contributed by atoms with Crippen LogP contribution in [0.3, 0.4) is 0 Å². The first-order valence-electron chi connectivity index (χ1n) is 10.9. The van der Waals surface area contributed by atoms with Gasteiger partial charge >= 0.3 is 0 Å². The van der Waals surface area contributed by atoms with E-state index in [2.05, 4.69) is 83.4 Å². The van der Waals surface area contributed by atoms with Crippen LogP contribution in [0.25, 0.3) is 49.6 Å². The van der Waals surface area contributed by atoms with Crippen LogP contribution in [-0.4, -0.2) is 9.38 Å². The molecule has 31 heavy (non-hydrogen) atoms. The molecule has 2 aliphatic carbocycles. The second kappa shape index (κ2) is 5.41. The molecule has 0 saturated carbocycles. The quantitative estimate of drug-likeness (QED) is 0.259. The molecule has 2 heterocycles. The fourth-order valence-corrected chi connectivity index (χ4v) is 6.03. The first-order chi connectivity index (χ1) is 15.4. The van der Waals surface area contributed by atoms with Gasteiger partial charge in [-0.3, -0.25) is 4.40 Å². The third-order valence-electron chi connectivity index (χ3n) is 7.29. The molecule has 8 rings (SSSR count). The van der Waals surface area contributed by atoms with Crippen molar-refractivity contribution in [3.63, 3.8) is 0 Å². The fraction of sp³-hybridized carbons (Fsp3) is 0.0690. The fourth-order valence-electron chi connectivity index (χ4n) is 6.03. The van der Waals surface area contributed by atoms with Crippen LogP contribution in [0.15, 0.2) is 85.2 Å². The first kappa shape index (κ1) is 15.9. The molecule has 2 nitrogen and oxygen atoms in total. The van der Waals surface area contributed by atoms with Crippen molar-refractivity contribution in [3.8, 4) is 22.3 Å². The lowest BCUT2D eigenvalue weighted by atomic mass is 9.92. The van der Waals surface area contributed by atoms with Crippen LogP contribution in [0.1, 0.15) is 22.3 Å². The molecule has 0 atom stereocenters. The van der Waals surface area contributed by atoms with Gasteiger partial charge in [-0.15, -0.1) is 0 Å². The van der Waals surface area contributed by atoms with Gasteiger partial charge in [-0.25, -0.2) is 4.98 Å². The lowest BCUT2D eigenvalue weighted by Gasteiger charge is -2.16. The molecule has 0 saturated heterocycles. The van der Waals surface area contributed by atoms with Gasteiger partial charge < -0.3 is 0 Å². The van der Waals surface area contributed by atoms with E-state index in [9.17, 15) is 0 Å². The van der Waals surface area contributed by atoms with Crippen molar-refractivity contribution in [2.24, 2.45) is 0 Å². The van der Waals surface area contributed by atoms with E-state index >= 15 is 0 Å². The van der Waals surface area contributed by atoms with Gasteiger partial charge in [0.1, 0.15) is 5.65 Å². The van der Waals surface area contributed by atoms with E-state index in [1.54, 1.807) is 0 Å². The SMILES string of the molecule is c1ccc2c(c1)Cc1ccc3c(c1-2)c1ccc2c(c1c1nccn31)-c1ccccc1C2. The molecule has 0 spiro atoms. The Morgan fingerprint density at radius 2 is 1.26 bits per heavy atom. The highest BCUT2D eigenvalue weighted by Crippen LogP contribution is 2.48. The summed E-state index contributed by atoms with van der Waals surface area (Å²) in [6.45, 7) is 0. The van der Waals surface area contributed by atoms with Gasteiger partial charge in [-0.2, -0.15) is 0 Å². The smallest absolute Gasteiger partial charge is 0.145 e. The molecule has 0 radical (unpaired) electrons. The van der Waals surface area contributed by atoms with Gasteiger partial charge in [0.15, 0.2) is 0 Å². The Morgan fingerprint density at radius 1 is 0.613 bits per heavy atom. The van der Waals surface area contributed by atoms with E-state index in [1.165, 1.54) is 66.2 Å². The second-order valence-corrected chi connectivity index (χ2v) is 8.80. The zero-order valence-electron chi connectivity index (χ0n) is 16.9. The summed E-state index contributed by atoms with van der Waals surface area (Å²) < 4.78 is 2.29. The minimum atomic E-state index is 1.00. The van der Waals surface area contributed by atoms with Crippen LogP contribution < -0.4 is 0 Å². The van der Waals surface area contributed by atoms with Crippen molar-refractivity contribution < 1.29 is 0 Å². The van der Waals surface area contributed by atoms with Crippen LogP contribution in [0.4, 0.5) is 0 Å². The summed E-state index contributed by atoms with van der Waals surface area (Å²) in [6, 6.07) is 27.0. The average molecular weight is 394 g/mol. The van der Waals surface area contributed by atoms with E-state index in [1.807, 2.05) is 6.20 Å². The summed E-state index contributed by atoms with van der Waals surface area (Å²) in [5, 5.41) is 3.96. The molecule has 0 fully saturated rings. The van der Waals surface area contributed by atoms with Crippen LogP contribution >= 0.6 is 0 Å². The lowest BCUT2D eigenvalue weighted by Crippen LogP contribution is -1.95. The molecule has 0 aliphatic heterocycles. The standard InChI is InChI=1S/C29H18N2/c1-3-7-21-17(5-1)16-20-10-12-24-27(25(20)21)23-11-9-19-15-18-6-2-4-8-22(18)26(19)28(23)29-30-13-14-31(24)29/h1-14H,15-16H2. The molecule has 2 aliphatic rings. The highest BCUT2D eigenvalue weighted by atomic mass is 15.0. The lowest BCUT2D eigenvalue weighted by molar-refractivity contribution is 1.24. The van der Waals surface area contributed by atoms with Gasteiger partial charge in [-0.1, -0.05) is 66.7 Å². The van der Waals surface area contributed by atoms with Gasteiger partial charge in [0.2, 0.25) is 0 Å². The van der Waals surface area contributed by atoms with Crippen LogP contribution in [-0.2, 0) is 12.8 Å². The number of aromatic nitrogens is 2. The van der Waals surface area contributed by atoms with Gasteiger partial charge in [0.25, 0.3) is 0 Å². The first-order valence-corrected chi connectivity index (χ1v) is 10.9. The number of hydrogen-bond acceptors (Lipinski definition) is 1. The number of fused-ring (bicyclic) bond motifs is 14. The summed E-state index contributed by atoms with van der Waals surface area (Å²) >= 11 is 0. The minimum absolute atomic E-state index is 1.00. The van der Waals surface area contributed by atoms with E-state index in [0.29, 0.717) is 0 Å². The van der Waals surface area contributed by atoms with Gasteiger partial charge in [0.05, 0.1) is 5.52 Å². The molecule has 2 aromatic heterocycles. The predicted octanol–water partition coefficient (Wildman–Crippen LogP) is 6.78. The van der Waals surface area contributed by atoms with E-state index in [0.717, 1.165) is 18.5 Å². The molecule has 0 unspecified atom stereocenters. The van der Waals surface area contributed by atoms with Crippen molar-refractivity contribution >= 4 is 27.3 Å². The number of nitrogens with zero attached hydrogens (tertiary/aromatic N) is 2. The van der Waals surface area contributed by atoms with Gasteiger partial charge in [-0.05, 0) is 68.8 Å². The Morgan fingerprint density at radius 3 is 2.00 bits per heavy atom. The maximum absolute atomic E-state index is 4.85. The Hall–Kier alpha value is -3.91. The monoisotopic (exact) mass is 394 g/mol. The molecular weight excluding hydrogens is 376 g/mol. The topological polar surface area (TPSA) is 17.3 Å². The number of hydrogen-bond donors (Lipinski definition) is 0. The third kappa shape index (κ3) is 1.87. The zero-order valence-corrected chi connectivity index (χ0v) is 16.9. The maximum atomic E-state index is 4.85. The Labute approximate surface area is 179 Å². The average Bonchev–Trinajstić information content (AvgIpc) is 3.52. The predicted molar refractivity (Wildman–Crippen MR) is 127 cm³/mol. The van der Waals surface area contributed by atoms with E-state index < -0.39 is 0 Å². The number of imidazole rings is 1. The summed E-state index contributed by atoms with van der Waals surface area (Å²) in [4.78, 5) is 4.85. The molecule has 144 valence electrons. The Bertz CT molecular complexity index is 1740. The van der Waals surface area contributed by atoms with Crippen molar-refractivity contribution in [1.82, 2.24) is 9.38 Å². The van der Waals surface area contributed by atoms with E-state index in [4.69, 9.17) is 4.98 Å². The van der Waals surface area contributed by atoms with Crippen molar-refractivity contribution in [3.05, 3.63) is 107 Å². The highest BCUT2D eigenvalue weighted by molar-refractivity contribution is 6.22. The highest BCUT2D eigenvalue weighted by Gasteiger charge is 2.27. The molecular formula is C29H18N2. The van der Waals surface area contributed by atoms with Crippen LogP contribution in [0.2, 0.25) is 0 Å². The van der Waals surface area contributed by atoms with E-state index in [-0.39, 0.29) is 0 Å². The largest absolute Gasteiger partial charge is 0.299 e. The van der Waals surface area contributed by atoms with Crippen molar-refractivity contribution in [1.29, 1.82) is 0 Å². The normalized spacial score (nSPS) is 13.5. The molecule has 2 heteroatoms. The van der Waals surface area contributed by atoms with Crippen molar-refractivity contribution in [2.45, 2.75) is 12.8 Å². The molecule has 0 N–H and O–H groups in total. The molecule has 6 aromatic rings. The van der Waals surface area contributed by atoms with Gasteiger partial charge in [0, 0.05) is 23.2 Å². The van der Waals surface area contributed by atoms with Crippen molar-refractivity contribution in [2.75, 3.05) is 0 Å². The summed E-state index contributed by atoms with van der Waals surface area (Å²) in [6.07, 6.45) is 6.07. The summed E-state index contributed by atoms with van der Waals surface area (Å²) in [7, 11) is 0. The van der Waals surface area contributed by atoms with Crippen LogP contribution in [0, 0.1) is 0 Å². The zero-order chi connectivity index (χ0) is 20.1. The second-order valence-electron chi connectivity index (χ2n) is 8.80. The third-order valence-corrected chi connectivity index (χ3v) is 7.29. The number of pyridine rings is 1. The minimum Gasteiger partial charge on any atom is -0.299 e. The Balaban J connectivity index is 1.65. The summed E-state index contributed by atoms with van der Waals surface area (Å²) in [5.41, 5.74) is 13.5. The molecule has 0 bridgehead atoms. The number of benzene rings is 4.